The highest BCUT2D eigenvalue weighted by Gasteiger charge is 2.46. The number of nitrogens with zero attached hydrogens (tertiary/aromatic N) is 2. The molecule has 0 aromatic heterocycles. The van der Waals surface area contributed by atoms with Gasteiger partial charge in [0.05, 0.1) is 5.56 Å². The summed E-state index contributed by atoms with van der Waals surface area (Å²) in [7, 11) is 0. The van der Waals surface area contributed by atoms with Crippen molar-refractivity contribution >= 4 is 23.4 Å². The molecule has 0 aliphatic carbocycles. The maximum atomic E-state index is 13.2. The van der Waals surface area contributed by atoms with Crippen molar-refractivity contribution in [3.05, 3.63) is 29.8 Å². The van der Waals surface area contributed by atoms with E-state index in [2.05, 4.69) is 35.9 Å². The molecule has 1 saturated heterocycles. The highest BCUT2D eigenvalue weighted by Crippen LogP contribution is 2.38. The molecule has 0 unspecified atom stereocenters. The third-order valence-electron chi connectivity index (χ3n) is 5.27. The maximum absolute atomic E-state index is 13.2. The Morgan fingerprint density at radius 1 is 1.24 bits per heavy atom. The second-order valence-electron chi connectivity index (χ2n) is 7.55. The standard InChI is InChI=1S/C20H31N3OS/c1-4-25-14-13-22-11-9-20(10-12-22)21-18-8-6-5-7-17(18)19(24)23(20)15-16(2)3/h5-8,16,21H,4,9-15H2,1-3H3. The number of hydrogen-bond acceptors (Lipinski definition) is 4. The zero-order chi connectivity index (χ0) is 17.9. The average molecular weight is 362 g/mol. The van der Waals surface area contributed by atoms with Crippen LogP contribution in [0.5, 0.6) is 0 Å². The number of piperidine rings is 1. The second-order valence-corrected chi connectivity index (χ2v) is 8.94. The number of carbonyl (C=O) groups is 1. The zero-order valence-electron chi connectivity index (χ0n) is 15.8. The Hall–Kier alpha value is -1.20. The van der Waals surface area contributed by atoms with E-state index in [9.17, 15) is 4.79 Å². The molecular weight excluding hydrogens is 330 g/mol. The van der Waals surface area contributed by atoms with Gasteiger partial charge in [0.25, 0.3) is 5.91 Å². The summed E-state index contributed by atoms with van der Waals surface area (Å²) >= 11 is 2.01. The quantitative estimate of drug-likeness (QED) is 0.783. The van der Waals surface area contributed by atoms with E-state index >= 15 is 0 Å². The van der Waals surface area contributed by atoms with E-state index in [-0.39, 0.29) is 11.6 Å². The summed E-state index contributed by atoms with van der Waals surface area (Å²) < 4.78 is 0. The normalized spacial score (nSPS) is 20.0. The van der Waals surface area contributed by atoms with Crippen molar-refractivity contribution in [3.63, 3.8) is 0 Å². The van der Waals surface area contributed by atoms with Gasteiger partial charge in [-0.3, -0.25) is 4.79 Å². The number of thioether (sulfide) groups is 1. The van der Waals surface area contributed by atoms with Crippen molar-refractivity contribution in [1.82, 2.24) is 9.80 Å². The maximum Gasteiger partial charge on any atom is 0.257 e. The van der Waals surface area contributed by atoms with E-state index in [4.69, 9.17) is 0 Å². The van der Waals surface area contributed by atoms with Crippen molar-refractivity contribution in [3.8, 4) is 0 Å². The summed E-state index contributed by atoms with van der Waals surface area (Å²) in [5.74, 6) is 3.05. The molecule has 5 heteroatoms. The molecule has 25 heavy (non-hydrogen) atoms. The van der Waals surface area contributed by atoms with Gasteiger partial charge in [-0.05, 0) is 23.8 Å². The number of nitrogens with one attached hydrogen (secondary N) is 1. The van der Waals surface area contributed by atoms with Gasteiger partial charge in [-0.1, -0.05) is 32.9 Å². The Labute approximate surface area is 156 Å². The summed E-state index contributed by atoms with van der Waals surface area (Å²) in [6.45, 7) is 10.7. The lowest BCUT2D eigenvalue weighted by Gasteiger charge is -2.52. The fourth-order valence-corrected chi connectivity index (χ4v) is 4.61. The van der Waals surface area contributed by atoms with Crippen LogP contribution < -0.4 is 5.32 Å². The lowest BCUT2D eigenvalue weighted by Crippen LogP contribution is -2.64. The van der Waals surface area contributed by atoms with Crippen LogP contribution in [0, 0.1) is 5.92 Å². The molecule has 0 atom stereocenters. The molecule has 1 aromatic rings. The molecular formula is C20H31N3OS. The highest BCUT2D eigenvalue weighted by molar-refractivity contribution is 7.99. The average Bonchev–Trinajstić information content (AvgIpc) is 2.60. The number of benzene rings is 1. The predicted octanol–water partition coefficient (Wildman–Crippen LogP) is 3.76. The molecule has 1 N–H and O–H groups in total. The molecule has 2 aliphatic heterocycles. The second kappa shape index (κ2) is 8.00. The summed E-state index contributed by atoms with van der Waals surface area (Å²) in [6.07, 6.45) is 1.99. The minimum Gasteiger partial charge on any atom is -0.362 e. The van der Waals surface area contributed by atoms with E-state index in [0.29, 0.717) is 5.92 Å². The van der Waals surface area contributed by atoms with Gasteiger partial charge in [0.15, 0.2) is 0 Å². The molecule has 138 valence electrons. The minimum absolute atomic E-state index is 0.193. The first-order chi connectivity index (χ1) is 12.1. The van der Waals surface area contributed by atoms with Crippen LogP contribution in [0.2, 0.25) is 0 Å². The Balaban J connectivity index is 1.78. The SMILES string of the molecule is CCSCCN1CCC2(CC1)Nc1ccccc1C(=O)N2CC(C)C. The number of likely N-dealkylation sites (tertiary alicyclic amines) is 1. The molecule has 2 aliphatic rings. The van der Waals surface area contributed by atoms with Gasteiger partial charge in [0.1, 0.15) is 5.66 Å². The molecule has 1 spiro atoms. The van der Waals surface area contributed by atoms with Crippen LogP contribution in [0.1, 0.15) is 44.0 Å². The Kier molecular flexibility index (Phi) is 5.95. The van der Waals surface area contributed by atoms with Gasteiger partial charge < -0.3 is 15.1 Å². The molecule has 0 radical (unpaired) electrons. The van der Waals surface area contributed by atoms with Crippen LogP contribution in [0.4, 0.5) is 5.69 Å². The summed E-state index contributed by atoms with van der Waals surface area (Å²) in [5, 5.41) is 3.76. The lowest BCUT2D eigenvalue weighted by molar-refractivity contribution is 0.0233. The van der Waals surface area contributed by atoms with Gasteiger partial charge in [-0.2, -0.15) is 11.8 Å². The molecule has 0 saturated carbocycles. The third kappa shape index (κ3) is 3.98. The van der Waals surface area contributed by atoms with E-state index in [1.165, 1.54) is 11.5 Å². The lowest BCUT2D eigenvalue weighted by atomic mass is 9.89. The number of fused-ring (bicyclic) bond motifs is 1. The number of para-hydroxylation sites is 1. The summed E-state index contributed by atoms with van der Waals surface area (Å²) in [6, 6.07) is 7.97. The van der Waals surface area contributed by atoms with E-state index < -0.39 is 0 Å². The molecule has 1 aromatic carbocycles. The molecule has 1 fully saturated rings. The smallest absolute Gasteiger partial charge is 0.257 e. The fraction of sp³-hybridized carbons (Fsp3) is 0.650. The van der Waals surface area contributed by atoms with E-state index in [1.54, 1.807) is 0 Å². The van der Waals surface area contributed by atoms with Gasteiger partial charge in [0.2, 0.25) is 0 Å². The first-order valence-corrected chi connectivity index (χ1v) is 10.7. The van der Waals surface area contributed by atoms with Crippen molar-refractivity contribution in [1.29, 1.82) is 0 Å². The predicted molar refractivity (Wildman–Crippen MR) is 107 cm³/mol. The van der Waals surface area contributed by atoms with Crippen LogP contribution >= 0.6 is 11.8 Å². The molecule has 2 heterocycles. The zero-order valence-corrected chi connectivity index (χ0v) is 16.6. The van der Waals surface area contributed by atoms with Crippen molar-refractivity contribution in [2.24, 2.45) is 5.92 Å². The summed E-state index contributed by atoms with van der Waals surface area (Å²) in [4.78, 5) is 17.9. The number of carbonyl (C=O) groups excluding carboxylic acids is 1. The third-order valence-corrected chi connectivity index (χ3v) is 6.15. The largest absolute Gasteiger partial charge is 0.362 e. The van der Waals surface area contributed by atoms with Crippen LogP contribution in [0.3, 0.4) is 0 Å². The van der Waals surface area contributed by atoms with E-state index in [0.717, 1.165) is 50.3 Å². The molecule has 4 nitrogen and oxygen atoms in total. The Morgan fingerprint density at radius 2 is 1.96 bits per heavy atom. The minimum atomic E-state index is -0.218. The Morgan fingerprint density at radius 3 is 2.64 bits per heavy atom. The van der Waals surface area contributed by atoms with Crippen molar-refractivity contribution < 1.29 is 4.79 Å². The van der Waals surface area contributed by atoms with Crippen molar-refractivity contribution in [2.75, 3.05) is 43.0 Å². The number of rotatable bonds is 6. The topological polar surface area (TPSA) is 35.6 Å². The number of hydrogen-bond donors (Lipinski definition) is 1. The van der Waals surface area contributed by atoms with E-state index in [1.807, 2.05) is 36.0 Å². The number of amides is 1. The Bertz CT molecular complexity index is 596. The van der Waals surface area contributed by atoms with Gasteiger partial charge in [-0.25, -0.2) is 0 Å². The first-order valence-electron chi connectivity index (χ1n) is 9.55. The van der Waals surface area contributed by atoms with Crippen LogP contribution in [-0.4, -0.2) is 59.1 Å². The van der Waals surface area contributed by atoms with Crippen LogP contribution in [0.15, 0.2) is 24.3 Å². The van der Waals surface area contributed by atoms with Crippen LogP contribution in [0.25, 0.3) is 0 Å². The van der Waals surface area contributed by atoms with Gasteiger partial charge >= 0.3 is 0 Å². The van der Waals surface area contributed by atoms with Gasteiger partial charge in [-0.15, -0.1) is 0 Å². The number of anilines is 1. The summed E-state index contributed by atoms with van der Waals surface area (Å²) in [5.41, 5.74) is 1.60. The monoisotopic (exact) mass is 361 g/mol. The fourth-order valence-electron chi connectivity index (χ4n) is 3.94. The van der Waals surface area contributed by atoms with Crippen molar-refractivity contribution in [2.45, 2.75) is 39.3 Å². The van der Waals surface area contributed by atoms with Gasteiger partial charge in [0, 0.05) is 50.5 Å². The molecule has 1 amide bonds. The first kappa shape index (κ1) is 18.6. The molecule has 0 bridgehead atoms. The van der Waals surface area contributed by atoms with Crippen LogP contribution in [-0.2, 0) is 0 Å². The highest BCUT2D eigenvalue weighted by atomic mass is 32.2. The molecule has 3 rings (SSSR count).